The number of benzene rings is 2. The van der Waals surface area contributed by atoms with Crippen molar-refractivity contribution in [2.24, 2.45) is 0 Å². The van der Waals surface area contributed by atoms with Crippen LogP contribution in [0.1, 0.15) is 44.9 Å². The summed E-state index contributed by atoms with van der Waals surface area (Å²) in [4.78, 5) is 66.8. The molecule has 1 N–H and O–H groups in total. The van der Waals surface area contributed by atoms with Crippen molar-refractivity contribution in [3.8, 4) is 0 Å². The van der Waals surface area contributed by atoms with Gasteiger partial charge in [0.1, 0.15) is 6.04 Å². The van der Waals surface area contributed by atoms with Crippen LogP contribution in [0.3, 0.4) is 0 Å². The molecule has 2 aromatic carbocycles. The van der Waals surface area contributed by atoms with Crippen LogP contribution in [0.4, 0.5) is 5.69 Å². The number of rotatable bonds is 4. The first-order valence-corrected chi connectivity index (χ1v) is 10.7. The van der Waals surface area contributed by atoms with Gasteiger partial charge < -0.3 is 15.1 Å². The van der Waals surface area contributed by atoms with Crippen molar-refractivity contribution in [3.05, 3.63) is 65.2 Å². The summed E-state index contributed by atoms with van der Waals surface area (Å²) in [5, 5.41) is 2.66. The fourth-order valence-corrected chi connectivity index (χ4v) is 4.18. The van der Waals surface area contributed by atoms with Crippen LogP contribution in [0.25, 0.3) is 0 Å². The standard InChI is InChI=1S/C24H24N4O5/c1-15(28-23(32)19-8-3-4-9-20(19)24(28)33)21(30)26-10-12-27(13-11-26)22(31)17-6-5-7-18(14-17)25-16(2)29/h3-9,14-15H,10-13H2,1-2H3,(H,25,29). The second kappa shape index (κ2) is 8.85. The van der Waals surface area contributed by atoms with Crippen LogP contribution >= 0.6 is 0 Å². The average Bonchev–Trinajstić information content (AvgIpc) is 3.07. The summed E-state index contributed by atoms with van der Waals surface area (Å²) in [6, 6.07) is 12.3. The molecule has 9 nitrogen and oxygen atoms in total. The third kappa shape index (κ3) is 4.21. The van der Waals surface area contributed by atoms with Crippen LogP contribution in [-0.2, 0) is 9.59 Å². The summed E-state index contributed by atoms with van der Waals surface area (Å²) in [5.41, 5.74) is 1.59. The van der Waals surface area contributed by atoms with E-state index in [1.54, 1.807) is 65.3 Å². The SMILES string of the molecule is CC(=O)Nc1cccc(C(=O)N2CCN(C(=O)C(C)N3C(=O)c4ccccc4C3=O)CC2)c1. The molecule has 1 unspecified atom stereocenters. The van der Waals surface area contributed by atoms with Crippen molar-refractivity contribution >= 4 is 35.2 Å². The Bertz CT molecular complexity index is 1120. The van der Waals surface area contributed by atoms with Crippen molar-refractivity contribution in [3.63, 3.8) is 0 Å². The number of hydrogen-bond acceptors (Lipinski definition) is 5. The highest BCUT2D eigenvalue weighted by Crippen LogP contribution is 2.25. The first kappa shape index (κ1) is 22.2. The van der Waals surface area contributed by atoms with E-state index in [-0.39, 0.29) is 17.7 Å². The van der Waals surface area contributed by atoms with Crippen LogP contribution in [0, 0.1) is 0 Å². The molecule has 2 aromatic rings. The van der Waals surface area contributed by atoms with Crippen LogP contribution in [0.5, 0.6) is 0 Å². The van der Waals surface area contributed by atoms with Gasteiger partial charge in [0.25, 0.3) is 17.7 Å². The molecule has 0 radical (unpaired) electrons. The summed E-state index contributed by atoms with van der Waals surface area (Å²) < 4.78 is 0. The molecule has 1 saturated heterocycles. The summed E-state index contributed by atoms with van der Waals surface area (Å²) in [7, 11) is 0. The van der Waals surface area contributed by atoms with Crippen LogP contribution in [-0.4, -0.2) is 76.5 Å². The maximum atomic E-state index is 13.1. The molecule has 0 saturated carbocycles. The van der Waals surface area contributed by atoms with Gasteiger partial charge in [0.15, 0.2) is 0 Å². The molecule has 1 fully saturated rings. The number of fused-ring (bicyclic) bond motifs is 1. The molecule has 1 atom stereocenters. The summed E-state index contributed by atoms with van der Waals surface area (Å²) in [6.45, 7) is 4.18. The quantitative estimate of drug-likeness (QED) is 0.716. The maximum absolute atomic E-state index is 13.1. The van der Waals surface area contributed by atoms with E-state index in [1.807, 2.05) is 0 Å². The van der Waals surface area contributed by atoms with E-state index in [4.69, 9.17) is 0 Å². The van der Waals surface area contributed by atoms with Crippen molar-refractivity contribution in [1.29, 1.82) is 0 Å². The molecular weight excluding hydrogens is 424 g/mol. The Kier molecular flexibility index (Phi) is 5.95. The van der Waals surface area contributed by atoms with E-state index in [0.717, 1.165) is 4.90 Å². The fourth-order valence-electron chi connectivity index (χ4n) is 4.18. The van der Waals surface area contributed by atoms with Gasteiger partial charge >= 0.3 is 0 Å². The number of nitrogens with one attached hydrogen (secondary N) is 1. The van der Waals surface area contributed by atoms with E-state index in [2.05, 4.69) is 5.32 Å². The Morgan fingerprint density at radius 3 is 2.00 bits per heavy atom. The minimum Gasteiger partial charge on any atom is -0.337 e. The highest BCUT2D eigenvalue weighted by Gasteiger charge is 2.42. The molecule has 5 amide bonds. The lowest BCUT2D eigenvalue weighted by molar-refractivity contribution is -0.136. The molecule has 2 heterocycles. The highest BCUT2D eigenvalue weighted by atomic mass is 16.2. The molecule has 4 rings (SSSR count). The van der Waals surface area contributed by atoms with Crippen LogP contribution in [0.15, 0.2) is 48.5 Å². The second-order valence-electron chi connectivity index (χ2n) is 8.08. The number of nitrogens with zero attached hydrogens (tertiary/aromatic N) is 3. The van der Waals surface area contributed by atoms with Crippen molar-refractivity contribution in [2.45, 2.75) is 19.9 Å². The lowest BCUT2D eigenvalue weighted by Crippen LogP contribution is -2.56. The van der Waals surface area contributed by atoms with Gasteiger partial charge in [-0.15, -0.1) is 0 Å². The van der Waals surface area contributed by atoms with Crippen molar-refractivity contribution in [1.82, 2.24) is 14.7 Å². The first-order valence-electron chi connectivity index (χ1n) is 10.7. The number of carbonyl (C=O) groups is 5. The number of imide groups is 1. The molecule has 0 bridgehead atoms. The van der Waals surface area contributed by atoms with Gasteiger partial charge in [0, 0.05) is 44.4 Å². The smallest absolute Gasteiger partial charge is 0.262 e. The predicted octanol–water partition coefficient (Wildman–Crippen LogP) is 1.61. The van der Waals surface area contributed by atoms with Gasteiger partial charge in [-0.2, -0.15) is 0 Å². The Labute approximate surface area is 190 Å². The Hall–Kier alpha value is -4.01. The monoisotopic (exact) mass is 448 g/mol. The maximum Gasteiger partial charge on any atom is 0.262 e. The topological polar surface area (TPSA) is 107 Å². The summed E-state index contributed by atoms with van der Waals surface area (Å²) in [6.07, 6.45) is 0. The number of hydrogen-bond donors (Lipinski definition) is 1. The van der Waals surface area contributed by atoms with E-state index < -0.39 is 17.9 Å². The minimum absolute atomic E-state index is 0.192. The largest absolute Gasteiger partial charge is 0.337 e. The number of piperazine rings is 1. The molecule has 0 aromatic heterocycles. The third-order valence-electron chi connectivity index (χ3n) is 5.88. The second-order valence-corrected chi connectivity index (χ2v) is 8.08. The lowest BCUT2D eigenvalue weighted by Gasteiger charge is -2.37. The van der Waals surface area contributed by atoms with E-state index >= 15 is 0 Å². The van der Waals surface area contributed by atoms with Gasteiger partial charge in [-0.25, -0.2) is 0 Å². The molecule has 0 spiro atoms. The Morgan fingerprint density at radius 1 is 0.848 bits per heavy atom. The molecule has 2 aliphatic heterocycles. The van der Waals surface area contributed by atoms with Gasteiger partial charge in [-0.05, 0) is 37.3 Å². The zero-order valence-corrected chi connectivity index (χ0v) is 18.4. The predicted molar refractivity (Wildman–Crippen MR) is 120 cm³/mol. The molecule has 0 aliphatic carbocycles. The van der Waals surface area contributed by atoms with Gasteiger partial charge in [0.2, 0.25) is 11.8 Å². The Balaban J connectivity index is 1.38. The molecule has 170 valence electrons. The highest BCUT2D eigenvalue weighted by molar-refractivity contribution is 6.22. The van der Waals surface area contributed by atoms with E-state index in [0.29, 0.717) is 48.6 Å². The zero-order chi connectivity index (χ0) is 23.7. The molecule has 33 heavy (non-hydrogen) atoms. The van der Waals surface area contributed by atoms with Crippen molar-refractivity contribution in [2.75, 3.05) is 31.5 Å². The van der Waals surface area contributed by atoms with Gasteiger partial charge in [-0.1, -0.05) is 18.2 Å². The summed E-state index contributed by atoms with van der Waals surface area (Å²) in [5.74, 6) is -1.68. The average molecular weight is 448 g/mol. The van der Waals surface area contributed by atoms with E-state index in [1.165, 1.54) is 6.92 Å². The molecular formula is C24H24N4O5. The summed E-state index contributed by atoms with van der Waals surface area (Å²) >= 11 is 0. The molecule has 9 heteroatoms. The molecule has 2 aliphatic rings. The van der Waals surface area contributed by atoms with Crippen LogP contribution < -0.4 is 5.32 Å². The number of amides is 5. The number of carbonyl (C=O) groups excluding carboxylic acids is 5. The van der Waals surface area contributed by atoms with Gasteiger partial charge in [0.05, 0.1) is 11.1 Å². The number of anilines is 1. The van der Waals surface area contributed by atoms with Crippen molar-refractivity contribution < 1.29 is 24.0 Å². The first-order chi connectivity index (χ1) is 15.8. The van der Waals surface area contributed by atoms with Crippen LogP contribution in [0.2, 0.25) is 0 Å². The fraction of sp³-hybridized carbons (Fsp3) is 0.292. The Morgan fingerprint density at radius 2 is 1.42 bits per heavy atom. The van der Waals surface area contributed by atoms with E-state index in [9.17, 15) is 24.0 Å². The lowest BCUT2D eigenvalue weighted by atomic mass is 10.1. The minimum atomic E-state index is -0.936. The normalized spacial score (nSPS) is 16.5. The zero-order valence-electron chi connectivity index (χ0n) is 18.4. The van der Waals surface area contributed by atoms with Gasteiger partial charge in [-0.3, -0.25) is 28.9 Å². The third-order valence-corrected chi connectivity index (χ3v) is 5.88.